The van der Waals surface area contributed by atoms with Crippen molar-refractivity contribution in [3.8, 4) is 23.0 Å². The Kier molecular flexibility index (Phi) is 4.39. The third-order valence-corrected chi connectivity index (χ3v) is 5.60. The topological polar surface area (TPSA) is 118 Å². The Labute approximate surface area is 172 Å². The number of hydrogen-bond donors (Lipinski definition) is 2. The van der Waals surface area contributed by atoms with Crippen molar-refractivity contribution in [2.24, 2.45) is 5.73 Å². The van der Waals surface area contributed by atoms with Crippen LogP contribution in [0.5, 0.6) is 23.0 Å². The van der Waals surface area contributed by atoms with Crippen molar-refractivity contribution in [2.45, 2.75) is 18.4 Å². The van der Waals surface area contributed by atoms with Crippen LogP contribution in [0.15, 0.2) is 30.3 Å². The van der Waals surface area contributed by atoms with Crippen LogP contribution < -0.4 is 30.0 Å². The Morgan fingerprint density at radius 1 is 0.933 bits per heavy atom. The number of piperidine rings is 1. The molecule has 0 radical (unpaired) electrons. The van der Waals surface area contributed by atoms with Gasteiger partial charge in [-0.05, 0) is 31.3 Å². The summed E-state index contributed by atoms with van der Waals surface area (Å²) >= 11 is 0. The van der Waals surface area contributed by atoms with E-state index in [9.17, 15) is 9.59 Å². The molecular weight excluding hydrogens is 392 g/mol. The van der Waals surface area contributed by atoms with Crippen molar-refractivity contribution < 1.29 is 33.3 Å². The highest BCUT2D eigenvalue weighted by molar-refractivity contribution is 5.99. The fourth-order valence-electron chi connectivity index (χ4n) is 4.16. The maximum absolute atomic E-state index is 12.1. The quantitative estimate of drug-likeness (QED) is 0.679. The molecule has 3 N–H and O–H groups in total. The Hall–Kier alpha value is -3.46. The third-order valence-electron chi connectivity index (χ3n) is 5.60. The summed E-state index contributed by atoms with van der Waals surface area (Å²) in [6, 6.07) is 8.85. The minimum atomic E-state index is -0.502. The summed E-state index contributed by atoms with van der Waals surface area (Å²) in [5.41, 5.74) is 6.54. The molecule has 0 aliphatic carbocycles. The molecule has 30 heavy (non-hydrogen) atoms. The van der Waals surface area contributed by atoms with Gasteiger partial charge in [-0.25, -0.2) is 4.79 Å². The van der Waals surface area contributed by atoms with Gasteiger partial charge in [-0.1, -0.05) is 12.1 Å². The van der Waals surface area contributed by atoms with E-state index in [0.29, 0.717) is 34.1 Å². The molecule has 156 valence electrons. The van der Waals surface area contributed by atoms with Crippen molar-refractivity contribution in [3.05, 3.63) is 47.0 Å². The summed E-state index contributed by atoms with van der Waals surface area (Å²) in [4.78, 5) is 23.0. The van der Waals surface area contributed by atoms with Crippen molar-refractivity contribution in [3.63, 3.8) is 0 Å². The number of carbonyl (C=O) groups excluding carboxylic acids is 2. The third kappa shape index (κ3) is 2.89. The van der Waals surface area contributed by atoms with Gasteiger partial charge in [0.2, 0.25) is 13.6 Å². The van der Waals surface area contributed by atoms with Gasteiger partial charge in [0.1, 0.15) is 11.2 Å². The molecule has 2 aromatic rings. The first-order chi connectivity index (χ1) is 14.6. The monoisotopic (exact) mass is 412 g/mol. The molecule has 9 nitrogen and oxygen atoms in total. The largest absolute Gasteiger partial charge is 0.454 e. The van der Waals surface area contributed by atoms with Gasteiger partial charge < -0.3 is 34.7 Å². The van der Waals surface area contributed by atoms with Crippen molar-refractivity contribution in [1.29, 1.82) is 0 Å². The van der Waals surface area contributed by atoms with E-state index in [4.69, 9.17) is 29.4 Å². The number of fused-ring (bicyclic) bond motifs is 5. The molecular formula is C21H20N2O7. The molecule has 0 aromatic heterocycles. The molecule has 0 saturated carbocycles. The highest BCUT2D eigenvalue weighted by Gasteiger charge is 2.48. The second kappa shape index (κ2) is 7.10. The van der Waals surface area contributed by atoms with Crippen LogP contribution in [-0.2, 0) is 10.3 Å². The molecule has 4 heterocycles. The van der Waals surface area contributed by atoms with Crippen LogP contribution in [0.3, 0.4) is 0 Å². The van der Waals surface area contributed by atoms with E-state index in [2.05, 4.69) is 5.32 Å². The Morgan fingerprint density at radius 3 is 2.37 bits per heavy atom. The molecule has 0 atom stereocenters. The Balaban J connectivity index is 0.000000140. The van der Waals surface area contributed by atoms with E-state index in [0.717, 1.165) is 31.5 Å². The molecule has 1 amide bonds. The fraction of sp³-hybridized carbons (Fsp3) is 0.333. The van der Waals surface area contributed by atoms with Gasteiger partial charge in [0, 0.05) is 18.4 Å². The Bertz CT molecular complexity index is 1030. The predicted octanol–water partition coefficient (Wildman–Crippen LogP) is 1.68. The average molecular weight is 412 g/mol. The lowest BCUT2D eigenvalue weighted by Gasteiger charge is -2.33. The molecule has 0 bridgehead atoms. The molecule has 9 heteroatoms. The SMILES string of the molecule is NC(=O)c1cccc2c1OCO2.O=C1OC2(CCNCC2)c2ccc3c(c21)OCO3. The van der Waals surface area contributed by atoms with Crippen LogP contribution in [0, 0.1) is 0 Å². The Morgan fingerprint density at radius 2 is 1.63 bits per heavy atom. The van der Waals surface area contributed by atoms with Gasteiger partial charge in [0.25, 0.3) is 5.91 Å². The molecule has 0 unspecified atom stereocenters. The van der Waals surface area contributed by atoms with E-state index < -0.39 is 11.5 Å². The minimum Gasteiger partial charge on any atom is -0.454 e. The molecule has 2 aromatic carbocycles. The summed E-state index contributed by atoms with van der Waals surface area (Å²) in [5, 5.41) is 3.29. The van der Waals surface area contributed by atoms with Crippen molar-refractivity contribution in [2.75, 3.05) is 26.7 Å². The van der Waals surface area contributed by atoms with Crippen molar-refractivity contribution in [1.82, 2.24) is 5.32 Å². The lowest BCUT2D eigenvalue weighted by atomic mass is 9.84. The molecule has 1 spiro atoms. The first kappa shape index (κ1) is 18.6. The van der Waals surface area contributed by atoms with Gasteiger partial charge in [0.05, 0.1) is 5.56 Å². The van der Waals surface area contributed by atoms with Gasteiger partial charge in [-0.15, -0.1) is 0 Å². The molecule has 6 rings (SSSR count). The summed E-state index contributed by atoms with van der Waals surface area (Å²) in [7, 11) is 0. The summed E-state index contributed by atoms with van der Waals surface area (Å²) in [5.74, 6) is 1.42. The number of hydrogen-bond acceptors (Lipinski definition) is 8. The molecule has 1 saturated heterocycles. The highest BCUT2D eigenvalue weighted by Crippen LogP contribution is 2.49. The zero-order chi connectivity index (χ0) is 20.7. The first-order valence-corrected chi connectivity index (χ1v) is 9.65. The number of para-hydroxylation sites is 1. The number of carbonyl (C=O) groups is 2. The molecule has 4 aliphatic rings. The van der Waals surface area contributed by atoms with E-state index >= 15 is 0 Å². The van der Waals surface area contributed by atoms with Gasteiger partial charge in [0.15, 0.2) is 23.0 Å². The van der Waals surface area contributed by atoms with E-state index in [-0.39, 0.29) is 19.6 Å². The normalized spacial score (nSPS) is 19.0. The maximum atomic E-state index is 12.1. The number of nitrogens with one attached hydrogen (secondary N) is 1. The first-order valence-electron chi connectivity index (χ1n) is 9.65. The molecule has 1 fully saturated rings. The van der Waals surface area contributed by atoms with Gasteiger partial charge in [-0.3, -0.25) is 4.79 Å². The highest BCUT2D eigenvalue weighted by atomic mass is 16.7. The number of primary amides is 1. The lowest BCUT2D eigenvalue weighted by molar-refractivity contribution is -0.0242. The number of amides is 1. The fourth-order valence-corrected chi connectivity index (χ4v) is 4.16. The number of esters is 1. The smallest absolute Gasteiger partial charge is 0.343 e. The van der Waals surface area contributed by atoms with E-state index in [1.54, 1.807) is 18.2 Å². The number of ether oxygens (including phenoxy) is 5. The van der Waals surface area contributed by atoms with Gasteiger partial charge >= 0.3 is 5.97 Å². The number of nitrogens with two attached hydrogens (primary N) is 1. The second-order valence-electron chi connectivity index (χ2n) is 7.26. The average Bonchev–Trinajstić information content (AvgIpc) is 3.47. The zero-order valence-corrected chi connectivity index (χ0v) is 16.1. The standard InChI is InChI=1S/C13H13NO4.C8H7NO3/c15-12-10-8(1-2-9-11(10)17-7-16-9)13(18-12)3-5-14-6-4-13;9-8(10)5-2-1-3-6-7(5)12-4-11-6/h1-2,14H,3-7H2;1-3H,4H2,(H2,9,10). The van der Waals surface area contributed by atoms with E-state index in [1.807, 2.05) is 12.1 Å². The van der Waals surface area contributed by atoms with Gasteiger partial charge in [-0.2, -0.15) is 0 Å². The van der Waals surface area contributed by atoms with Crippen LogP contribution in [-0.4, -0.2) is 38.6 Å². The minimum absolute atomic E-state index is 0.152. The summed E-state index contributed by atoms with van der Waals surface area (Å²) < 4.78 is 26.5. The van der Waals surface area contributed by atoms with Crippen LogP contribution in [0.25, 0.3) is 0 Å². The predicted molar refractivity (Wildman–Crippen MR) is 103 cm³/mol. The lowest BCUT2D eigenvalue weighted by Crippen LogP contribution is -2.39. The van der Waals surface area contributed by atoms with Crippen LogP contribution in [0.1, 0.15) is 39.1 Å². The van der Waals surface area contributed by atoms with Crippen LogP contribution >= 0.6 is 0 Å². The second-order valence-corrected chi connectivity index (χ2v) is 7.26. The maximum Gasteiger partial charge on any atom is 0.343 e. The molecule has 4 aliphatic heterocycles. The zero-order valence-electron chi connectivity index (χ0n) is 16.1. The summed E-state index contributed by atoms with van der Waals surface area (Å²) in [6.07, 6.45) is 1.62. The number of rotatable bonds is 1. The van der Waals surface area contributed by atoms with Crippen molar-refractivity contribution >= 4 is 11.9 Å². The summed E-state index contributed by atoms with van der Waals surface area (Å²) in [6.45, 7) is 2.05. The van der Waals surface area contributed by atoms with Crippen LogP contribution in [0.2, 0.25) is 0 Å². The number of benzene rings is 2. The van der Waals surface area contributed by atoms with E-state index in [1.165, 1.54) is 0 Å². The van der Waals surface area contributed by atoms with Crippen LogP contribution in [0.4, 0.5) is 0 Å².